The maximum absolute atomic E-state index is 13.1. The van der Waals surface area contributed by atoms with E-state index in [9.17, 15) is 20.1 Å². The number of benzene rings is 2. The second kappa shape index (κ2) is 6.31. The summed E-state index contributed by atoms with van der Waals surface area (Å²) in [4.78, 5) is 13.1. The first-order valence-electron chi connectivity index (χ1n) is 9.02. The molecule has 0 fully saturated rings. The molecule has 2 heterocycles. The zero-order valence-corrected chi connectivity index (χ0v) is 15.9. The van der Waals surface area contributed by atoms with Gasteiger partial charge in [-0.05, 0) is 19.9 Å². The van der Waals surface area contributed by atoms with Gasteiger partial charge in [-0.3, -0.25) is 4.79 Å². The van der Waals surface area contributed by atoms with Crippen LogP contribution in [0.2, 0.25) is 0 Å². The van der Waals surface area contributed by atoms with E-state index in [4.69, 9.17) is 14.2 Å². The summed E-state index contributed by atoms with van der Waals surface area (Å²) in [6, 6.07) is 5.94. The topological polar surface area (TPSA) is 105 Å². The Morgan fingerprint density at radius 2 is 1.96 bits per heavy atom. The average molecular weight is 386 g/mol. The Morgan fingerprint density at radius 3 is 2.64 bits per heavy atom. The van der Waals surface area contributed by atoms with Crippen LogP contribution in [0.25, 0.3) is 0 Å². The van der Waals surface area contributed by atoms with E-state index in [1.54, 1.807) is 33.1 Å². The summed E-state index contributed by atoms with van der Waals surface area (Å²) in [5.74, 6) is -0.226. The molecule has 3 N–H and O–H groups in total. The lowest BCUT2D eigenvalue weighted by molar-refractivity contribution is -0.0233. The molecule has 0 bridgehead atoms. The molecular formula is C21H22O7. The van der Waals surface area contributed by atoms with Crippen LogP contribution in [0.4, 0.5) is 0 Å². The van der Waals surface area contributed by atoms with E-state index < -0.39 is 17.6 Å². The van der Waals surface area contributed by atoms with Gasteiger partial charge < -0.3 is 29.5 Å². The van der Waals surface area contributed by atoms with Crippen molar-refractivity contribution in [3.8, 4) is 28.7 Å². The highest BCUT2D eigenvalue weighted by molar-refractivity contribution is 6.07. The molecular weight excluding hydrogens is 364 g/mol. The summed E-state index contributed by atoms with van der Waals surface area (Å²) < 4.78 is 17.1. The molecule has 2 aliphatic rings. The average Bonchev–Trinajstić information content (AvgIpc) is 3.07. The van der Waals surface area contributed by atoms with E-state index in [1.807, 2.05) is 0 Å². The molecule has 2 aliphatic heterocycles. The molecule has 148 valence electrons. The van der Waals surface area contributed by atoms with Gasteiger partial charge >= 0.3 is 0 Å². The molecule has 7 nitrogen and oxygen atoms in total. The molecule has 2 atom stereocenters. The van der Waals surface area contributed by atoms with Gasteiger partial charge in [-0.25, -0.2) is 0 Å². The fourth-order valence-corrected chi connectivity index (χ4v) is 3.79. The van der Waals surface area contributed by atoms with Gasteiger partial charge in [-0.2, -0.15) is 0 Å². The predicted octanol–water partition coefficient (Wildman–Crippen LogP) is 2.54. The first kappa shape index (κ1) is 18.4. The van der Waals surface area contributed by atoms with Crippen LogP contribution in [0.3, 0.4) is 0 Å². The summed E-state index contributed by atoms with van der Waals surface area (Å²) >= 11 is 0. The lowest BCUT2D eigenvalue weighted by Crippen LogP contribution is -2.39. The van der Waals surface area contributed by atoms with Gasteiger partial charge in [0.25, 0.3) is 0 Å². The maximum Gasteiger partial charge on any atom is 0.181 e. The number of rotatable bonds is 3. The molecule has 0 saturated carbocycles. The Morgan fingerprint density at radius 1 is 1.21 bits per heavy atom. The molecule has 2 aromatic carbocycles. The van der Waals surface area contributed by atoms with Crippen LogP contribution in [0.1, 0.15) is 41.3 Å². The Hall–Kier alpha value is -2.93. The predicted molar refractivity (Wildman–Crippen MR) is 99.7 cm³/mol. The monoisotopic (exact) mass is 386 g/mol. The molecule has 28 heavy (non-hydrogen) atoms. The van der Waals surface area contributed by atoms with E-state index in [0.29, 0.717) is 23.5 Å². The Labute approximate surface area is 162 Å². The third-order valence-corrected chi connectivity index (χ3v) is 5.32. The van der Waals surface area contributed by atoms with Crippen molar-refractivity contribution >= 4 is 5.78 Å². The fraction of sp³-hybridized carbons (Fsp3) is 0.381. The van der Waals surface area contributed by atoms with Gasteiger partial charge in [0.1, 0.15) is 47.0 Å². The van der Waals surface area contributed by atoms with Gasteiger partial charge in [0.05, 0.1) is 18.6 Å². The van der Waals surface area contributed by atoms with Crippen molar-refractivity contribution in [2.24, 2.45) is 0 Å². The second-order valence-corrected chi connectivity index (χ2v) is 7.69. The highest BCUT2D eigenvalue weighted by atomic mass is 16.5. The van der Waals surface area contributed by atoms with Gasteiger partial charge in [-0.15, -0.1) is 0 Å². The van der Waals surface area contributed by atoms with E-state index >= 15 is 0 Å². The van der Waals surface area contributed by atoms with Crippen molar-refractivity contribution in [2.45, 2.75) is 37.9 Å². The Kier molecular flexibility index (Phi) is 4.15. The summed E-state index contributed by atoms with van der Waals surface area (Å²) in [6.07, 6.45) is -0.0253. The number of carbonyl (C=O) groups is 1. The quantitative estimate of drug-likeness (QED) is 0.744. The van der Waals surface area contributed by atoms with Crippen LogP contribution in [0.5, 0.6) is 28.7 Å². The first-order valence-corrected chi connectivity index (χ1v) is 9.02. The van der Waals surface area contributed by atoms with E-state index in [2.05, 4.69) is 0 Å². The fourth-order valence-electron chi connectivity index (χ4n) is 3.79. The maximum atomic E-state index is 13.1. The number of phenolic OH excluding ortho intramolecular Hbond substituents is 2. The number of Topliss-reactive ketones (excluding diaryl/α,β-unsaturated/α-hetero) is 1. The molecule has 7 heteroatoms. The van der Waals surface area contributed by atoms with Crippen molar-refractivity contribution in [3.05, 3.63) is 41.0 Å². The van der Waals surface area contributed by atoms with Crippen LogP contribution >= 0.6 is 0 Å². The number of methoxy groups -OCH3 is 1. The smallest absolute Gasteiger partial charge is 0.181 e. The molecule has 0 unspecified atom stereocenters. The summed E-state index contributed by atoms with van der Waals surface area (Å²) in [5, 5.41) is 30.2. The summed E-state index contributed by atoms with van der Waals surface area (Å²) in [6.45, 7) is 3.39. The second-order valence-electron chi connectivity index (χ2n) is 7.69. The SMILES string of the molecule is COc1ccc([C@@H]2COc3cc(O)cc(O)c3C2=O)c2c1C[C@H](C(C)(C)O)O2. The molecule has 0 amide bonds. The molecule has 0 saturated heterocycles. The van der Waals surface area contributed by atoms with E-state index in [1.165, 1.54) is 6.07 Å². The van der Waals surface area contributed by atoms with Gasteiger partial charge in [0, 0.05) is 29.7 Å². The van der Waals surface area contributed by atoms with Crippen molar-refractivity contribution in [1.29, 1.82) is 0 Å². The van der Waals surface area contributed by atoms with E-state index in [0.717, 1.165) is 11.6 Å². The molecule has 4 rings (SSSR count). The lowest BCUT2D eigenvalue weighted by atomic mass is 9.86. The van der Waals surface area contributed by atoms with Crippen LogP contribution in [-0.2, 0) is 6.42 Å². The number of phenols is 2. The highest BCUT2D eigenvalue weighted by Gasteiger charge is 2.41. The number of hydrogen-bond donors (Lipinski definition) is 3. The van der Waals surface area contributed by atoms with Crippen molar-refractivity contribution in [1.82, 2.24) is 0 Å². The highest BCUT2D eigenvalue weighted by Crippen LogP contribution is 2.47. The number of fused-ring (bicyclic) bond motifs is 2. The van der Waals surface area contributed by atoms with Gasteiger partial charge in [0.2, 0.25) is 0 Å². The summed E-state index contributed by atoms with van der Waals surface area (Å²) in [7, 11) is 1.56. The number of aromatic hydroxyl groups is 2. The molecule has 0 radical (unpaired) electrons. The van der Waals surface area contributed by atoms with Crippen LogP contribution < -0.4 is 14.2 Å². The summed E-state index contributed by atoms with van der Waals surface area (Å²) in [5.41, 5.74) is 0.374. The van der Waals surface area contributed by atoms with Gasteiger partial charge in [-0.1, -0.05) is 6.07 Å². The Balaban J connectivity index is 1.78. The Bertz CT molecular complexity index is 958. The largest absolute Gasteiger partial charge is 0.508 e. The normalized spacial score (nSPS) is 20.8. The van der Waals surface area contributed by atoms with Crippen LogP contribution in [0.15, 0.2) is 24.3 Å². The van der Waals surface area contributed by atoms with Crippen molar-refractivity contribution in [2.75, 3.05) is 13.7 Å². The zero-order chi connectivity index (χ0) is 20.2. The van der Waals surface area contributed by atoms with Crippen molar-refractivity contribution < 1.29 is 34.3 Å². The molecule has 2 aromatic rings. The molecule has 0 spiro atoms. The molecule has 0 aliphatic carbocycles. The lowest BCUT2D eigenvalue weighted by Gasteiger charge is -2.28. The number of ketones is 1. The number of ether oxygens (including phenoxy) is 3. The third-order valence-electron chi connectivity index (χ3n) is 5.32. The van der Waals surface area contributed by atoms with E-state index in [-0.39, 0.29) is 35.2 Å². The minimum atomic E-state index is -1.07. The number of aliphatic hydroxyl groups is 1. The van der Waals surface area contributed by atoms with Gasteiger partial charge in [0.15, 0.2) is 5.78 Å². The third kappa shape index (κ3) is 2.82. The zero-order valence-electron chi connectivity index (χ0n) is 15.9. The van der Waals surface area contributed by atoms with Crippen LogP contribution in [0, 0.1) is 0 Å². The first-order chi connectivity index (χ1) is 13.2. The van der Waals surface area contributed by atoms with Crippen LogP contribution in [-0.4, -0.2) is 46.5 Å². The number of carbonyl (C=O) groups excluding carboxylic acids is 1. The molecule has 0 aromatic heterocycles. The standard InChI is InChI=1S/C21H22O7/c1-21(2,25)17-8-12-15(26-3)5-4-11(20(12)28-17)13-9-27-16-7-10(22)6-14(23)18(16)19(13)24/h4-7,13,17,22-23,25H,8-9H2,1-3H3/t13-,17+/m0/s1. The number of hydrogen-bond acceptors (Lipinski definition) is 7. The minimum Gasteiger partial charge on any atom is -0.508 e. The van der Waals surface area contributed by atoms with Crippen molar-refractivity contribution in [3.63, 3.8) is 0 Å². The minimum absolute atomic E-state index is 0.0376.